The Balaban J connectivity index is 2.19. The number of carbonyl (C=O) groups excluding carboxylic acids is 8. The fourth-order valence-electron chi connectivity index (χ4n) is 6.16. The zero-order valence-corrected chi connectivity index (χ0v) is 43.2. The Morgan fingerprint density at radius 2 is 0.987 bits per heavy atom. The van der Waals surface area contributed by atoms with Crippen LogP contribution in [0.5, 0.6) is 0 Å². The van der Waals surface area contributed by atoms with Crippen LogP contribution in [0, 0.1) is 6.92 Å². The lowest BCUT2D eigenvalue weighted by Crippen LogP contribution is -2.45. The summed E-state index contributed by atoms with van der Waals surface area (Å²) < 4.78 is 76.7. The highest BCUT2D eigenvalue weighted by molar-refractivity contribution is 7.90. The van der Waals surface area contributed by atoms with E-state index in [0.29, 0.717) is 24.9 Å². The Labute approximate surface area is 434 Å². The molecule has 0 aromatic heterocycles. The normalized spacial score (nSPS) is 12.5. The monoisotopic (exact) mass is 1110 g/mol. The van der Waals surface area contributed by atoms with Gasteiger partial charge in [0.2, 0.25) is 51.4 Å². The van der Waals surface area contributed by atoms with E-state index < -0.39 is 129 Å². The molecule has 424 valence electrons. The average Bonchev–Trinajstić information content (AvgIpc) is 3.31. The summed E-state index contributed by atoms with van der Waals surface area (Å²) in [7, 11) is -8.38. The van der Waals surface area contributed by atoms with Crippen molar-refractivity contribution in [1.29, 1.82) is 0 Å². The minimum absolute atomic E-state index is 0.00249. The maximum atomic E-state index is 12.5. The first-order chi connectivity index (χ1) is 35.4. The van der Waals surface area contributed by atoms with Crippen molar-refractivity contribution in [2.75, 3.05) is 84.0 Å². The Hall–Kier alpha value is -6.38. The second-order valence-corrected chi connectivity index (χ2v) is 19.9. The van der Waals surface area contributed by atoms with Crippen molar-refractivity contribution in [3.05, 3.63) is 35.4 Å². The SMILES string of the molecule is Cc1ccc(C(=O)NCCCC[C@H](NC(=O)COCCOCCNC(=O)CC[C@@H](NC(=O)CC[C@H](NC(=O)COCCOCCNC(=O)CCCS(=O)(=O)NC(=O)CCCS(=O)(=O)O)C(=O)O)C(=O)O)C(N)=O)cc1. The number of unbranched alkanes of at least 4 members (excludes halogenated alkanes) is 1. The van der Waals surface area contributed by atoms with E-state index in [-0.39, 0.29) is 104 Å². The van der Waals surface area contributed by atoms with Gasteiger partial charge in [0, 0.05) is 50.9 Å². The zero-order valence-electron chi connectivity index (χ0n) is 41.6. The fraction of sp³-hybridized carbons (Fsp3) is 0.636. The number of aliphatic carboxylic acids is 2. The molecule has 0 heterocycles. The quantitative estimate of drug-likeness (QED) is 0.0226. The Morgan fingerprint density at radius 3 is 1.51 bits per heavy atom. The van der Waals surface area contributed by atoms with Crippen LogP contribution in [0.3, 0.4) is 0 Å². The van der Waals surface area contributed by atoms with Gasteiger partial charge in [0.1, 0.15) is 31.3 Å². The molecule has 0 spiro atoms. The minimum atomic E-state index is -4.30. The Kier molecular flexibility index (Phi) is 33.2. The summed E-state index contributed by atoms with van der Waals surface area (Å²) >= 11 is 0. The molecule has 1 rings (SSSR count). The number of hydrogen-bond acceptors (Lipinski definition) is 18. The predicted octanol–water partition coefficient (Wildman–Crippen LogP) is -3.24. The number of carboxylic acid groups (broad SMARTS) is 2. The standard InChI is InChI=1S/C44H70N8O21S2/c1-30-9-11-31(12-10-30)42(60)48-17-3-2-6-32(41(45)59)49-39(57)28-72-24-22-71-21-19-47-36(54)15-13-33(43(61)62)50-37(55)16-14-34(44(63)64)51-40(58)29-73-25-23-70-20-18-46-35(53)7-4-26-74(65,66)52-38(56)8-5-27-75(67,68)69/h9-12,32-34H,2-8,13-29H2,1H3,(H2,45,59)(H,46,53)(H,47,54)(H,48,60)(H,49,57)(H,50,55)(H,51,58)(H,52,56)(H,61,62)(H,63,64)(H,67,68,69)/t32-,33+,34-/m0/s1. The number of amides is 8. The molecule has 0 saturated heterocycles. The third kappa shape index (κ3) is 35.5. The van der Waals surface area contributed by atoms with Crippen molar-refractivity contribution in [3.8, 4) is 0 Å². The summed E-state index contributed by atoms with van der Waals surface area (Å²) in [4.78, 5) is 121. The third-order valence-corrected chi connectivity index (χ3v) is 12.2. The van der Waals surface area contributed by atoms with E-state index in [1.807, 2.05) is 19.1 Å². The molecule has 29 nitrogen and oxygen atoms in total. The van der Waals surface area contributed by atoms with Gasteiger partial charge in [-0.2, -0.15) is 8.42 Å². The Bertz CT molecular complexity index is 2250. The summed E-state index contributed by atoms with van der Waals surface area (Å²) in [6.07, 6.45) is -1.31. The molecule has 0 aliphatic rings. The first kappa shape index (κ1) is 66.6. The highest BCUT2D eigenvalue weighted by Crippen LogP contribution is 2.06. The molecule has 8 amide bonds. The summed E-state index contributed by atoms with van der Waals surface area (Å²) in [6, 6.07) is 3.14. The number of carboxylic acids is 2. The van der Waals surface area contributed by atoms with Gasteiger partial charge in [-0.05, 0) is 64.0 Å². The second kappa shape index (κ2) is 37.4. The van der Waals surface area contributed by atoms with E-state index in [0.717, 1.165) is 5.56 Å². The summed E-state index contributed by atoms with van der Waals surface area (Å²) in [5.41, 5.74) is 6.99. The van der Waals surface area contributed by atoms with Crippen molar-refractivity contribution >= 4 is 79.3 Å². The number of carbonyl (C=O) groups is 10. The number of rotatable bonds is 43. The molecule has 0 aliphatic carbocycles. The molecular weight excluding hydrogens is 1040 g/mol. The number of primary amides is 1. The van der Waals surface area contributed by atoms with Gasteiger partial charge in [-0.15, -0.1) is 0 Å². The van der Waals surface area contributed by atoms with Crippen molar-refractivity contribution < 1.29 is 98.5 Å². The van der Waals surface area contributed by atoms with E-state index in [1.165, 1.54) is 0 Å². The molecule has 0 aliphatic heterocycles. The lowest BCUT2D eigenvalue weighted by atomic mass is 10.1. The van der Waals surface area contributed by atoms with Crippen molar-refractivity contribution in [3.63, 3.8) is 0 Å². The maximum absolute atomic E-state index is 12.5. The van der Waals surface area contributed by atoms with Crippen LogP contribution in [0.4, 0.5) is 0 Å². The number of aryl methyl sites for hydroxylation is 1. The third-order valence-electron chi connectivity index (χ3n) is 10.0. The number of ether oxygens (including phenoxy) is 4. The summed E-state index contributed by atoms with van der Waals surface area (Å²) in [5.74, 6) is -9.45. The van der Waals surface area contributed by atoms with E-state index >= 15 is 0 Å². The number of nitrogens with one attached hydrogen (secondary N) is 7. The van der Waals surface area contributed by atoms with Crippen LogP contribution in [0.1, 0.15) is 86.6 Å². The van der Waals surface area contributed by atoms with Crippen LogP contribution >= 0.6 is 0 Å². The topological polar surface area (TPSA) is 447 Å². The van der Waals surface area contributed by atoms with Crippen LogP contribution in [-0.4, -0.2) is 193 Å². The summed E-state index contributed by atoms with van der Waals surface area (Å²) in [6.45, 7) is 1.31. The van der Waals surface area contributed by atoms with Gasteiger partial charge in [0.05, 0.1) is 51.1 Å². The number of nitrogens with two attached hydrogens (primary N) is 1. The lowest BCUT2D eigenvalue weighted by molar-refractivity contribution is -0.144. The predicted molar refractivity (Wildman–Crippen MR) is 262 cm³/mol. The molecule has 0 bridgehead atoms. The molecule has 0 saturated carbocycles. The molecule has 0 fully saturated rings. The van der Waals surface area contributed by atoms with Gasteiger partial charge in [-0.3, -0.25) is 47.6 Å². The molecule has 12 N–H and O–H groups in total. The minimum Gasteiger partial charge on any atom is -0.480 e. The van der Waals surface area contributed by atoms with E-state index in [1.54, 1.807) is 16.9 Å². The van der Waals surface area contributed by atoms with Crippen LogP contribution in [-0.2, 0) is 82.2 Å². The van der Waals surface area contributed by atoms with Gasteiger partial charge >= 0.3 is 11.9 Å². The Morgan fingerprint density at radius 1 is 0.520 bits per heavy atom. The molecular formula is C44H70N8O21S2. The average molecular weight is 1110 g/mol. The van der Waals surface area contributed by atoms with Crippen molar-refractivity contribution in [2.24, 2.45) is 5.73 Å². The zero-order chi connectivity index (χ0) is 56.2. The summed E-state index contributed by atoms with van der Waals surface area (Å²) in [5, 5.41) is 33.8. The molecule has 31 heteroatoms. The van der Waals surface area contributed by atoms with Gasteiger partial charge in [0.15, 0.2) is 0 Å². The molecule has 75 heavy (non-hydrogen) atoms. The van der Waals surface area contributed by atoms with Gasteiger partial charge < -0.3 is 66.8 Å². The van der Waals surface area contributed by atoms with Crippen molar-refractivity contribution in [1.82, 2.24) is 36.6 Å². The lowest BCUT2D eigenvalue weighted by Gasteiger charge is -2.17. The molecule has 0 unspecified atom stereocenters. The van der Waals surface area contributed by atoms with Gasteiger partial charge in [-0.25, -0.2) is 18.0 Å². The molecule has 1 aromatic carbocycles. The maximum Gasteiger partial charge on any atom is 0.326 e. The number of hydrogen-bond donors (Lipinski definition) is 11. The van der Waals surface area contributed by atoms with Crippen LogP contribution in [0.15, 0.2) is 24.3 Å². The van der Waals surface area contributed by atoms with Crippen LogP contribution in [0.2, 0.25) is 0 Å². The highest BCUT2D eigenvalue weighted by Gasteiger charge is 2.25. The highest BCUT2D eigenvalue weighted by atomic mass is 32.2. The molecule has 0 radical (unpaired) electrons. The van der Waals surface area contributed by atoms with Crippen molar-refractivity contribution in [2.45, 2.75) is 95.7 Å². The number of sulfonamides is 1. The van der Waals surface area contributed by atoms with Crippen LogP contribution in [0.25, 0.3) is 0 Å². The molecule has 1 aromatic rings. The van der Waals surface area contributed by atoms with Gasteiger partial charge in [0.25, 0.3) is 16.0 Å². The smallest absolute Gasteiger partial charge is 0.326 e. The number of benzene rings is 1. The van der Waals surface area contributed by atoms with E-state index in [9.17, 15) is 75.0 Å². The second-order valence-electron chi connectivity index (χ2n) is 16.5. The van der Waals surface area contributed by atoms with Crippen LogP contribution < -0.4 is 42.4 Å². The van der Waals surface area contributed by atoms with E-state index in [4.69, 9.17) is 29.2 Å². The first-order valence-electron chi connectivity index (χ1n) is 23.7. The molecule has 3 atom stereocenters. The van der Waals surface area contributed by atoms with E-state index in [2.05, 4.69) is 31.9 Å². The fourth-order valence-corrected chi connectivity index (χ4v) is 7.74. The first-order valence-corrected chi connectivity index (χ1v) is 26.9. The largest absolute Gasteiger partial charge is 0.480 e. The van der Waals surface area contributed by atoms with Gasteiger partial charge in [-0.1, -0.05) is 17.7 Å².